The van der Waals surface area contributed by atoms with E-state index in [1.165, 1.54) is 39.5 Å². The van der Waals surface area contributed by atoms with E-state index in [9.17, 15) is 38.4 Å². The van der Waals surface area contributed by atoms with Gasteiger partial charge in [0.15, 0.2) is 12.6 Å². The summed E-state index contributed by atoms with van der Waals surface area (Å²) in [6.07, 6.45) is -1.29. The third-order valence-electron chi connectivity index (χ3n) is 20.0. The molecule has 2 aliphatic heterocycles. The molecule has 29 heteroatoms. The SMILES string of the molecule is CC[C@H]1C[C@@H](OCCOCCOCCNC(=O)C(Cc2ccc(-c3ccc(OCc4ccccc4)cc3)cc2)N(CC(=O)NCCOCCOCCO[C@@H]2O[C@H](COC(C)=O)[C@H](C)[C@H](C)[C@H]2C)CC(=O)NCCOCCOCCO[C@@H]2O[C@H](CC)[C@H](C)[C@H](OC(C)=O)[C@H]2NC(C)=O)[C@H](NC(C)=O)[C@@H](OC(C)=O)[C@H]1C. The topological polar surface area (TPSA) is 338 Å². The molecule has 1 saturated carbocycles. The fourth-order valence-electron chi connectivity index (χ4n) is 13.7. The molecule has 3 aromatic carbocycles. The van der Waals surface area contributed by atoms with Crippen LogP contribution in [0.3, 0.4) is 0 Å². The van der Waals surface area contributed by atoms with Gasteiger partial charge < -0.3 is 97.6 Å². The Morgan fingerprint density at radius 2 is 0.945 bits per heavy atom. The van der Waals surface area contributed by atoms with Crippen molar-refractivity contribution >= 4 is 47.4 Å². The van der Waals surface area contributed by atoms with Crippen molar-refractivity contribution in [2.45, 2.75) is 177 Å². The molecule has 2 saturated heterocycles. The van der Waals surface area contributed by atoms with Gasteiger partial charge in [0.2, 0.25) is 29.5 Å². The first-order valence-electron chi connectivity index (χ1n) is 38.5. The Morgan fingerprint density at radius 1 is 0.468 bits per heavy atom. The van der Waals surface area contributed by atoms with Crippen LogP contribution in [0, 0.1) is 35.5 Å². The van der Waals surface area contributed by atoms with Gasteiger partial charge >= 0.3 is 17.9 Å². The Bertz CT molecular complexity index is 3170. The molecule has 0 bridgehead atoms. The van der Waals surface area contributed by atoms with Gasteiger partial charge in [0, 0.05) is 66.1 Å². The van der Waals surface area contributed by atoms with Gasteiger partial charge in [-0.3, -0.25) is 43.3 Å². The van der Waals surface area contributed by atoms with E-state index >= 15 is 0 Å². The van der Waals surface area contributed by atoms with Crippen molar-refractivity contribution in [1.82, 2.24) is 31.5 Å². The molecule has 3 fully saturated rings. The molecule has 29 nitrogen and oxygen atoms in total. The minimum Gasteiger partial charge on any atom is -0.489 e. The van der Waals surface area contributed by atoms with Crippen molar-refractivity contribution in [3.05, 3.63) is 90.0 Å². The predicted molar refractivity (Wildman–Crippen MR) is 402 cm³/mol. The van der Waals surface area contributed by atoms with Crippen LogP contribution in [0.2, 0.25) is 0 Å². The second-order valence-corrected chi connectivity index (χ2v) is 28.0. The minimum absolute atomic E-state index is 0.0142. The summed E-state index contributed by atoms with van der Waals surface area (Å²) in [5, 5.41) is 14.5. The average Bonchev–Trinajstić information content (AvgIpc) is 0.807. The van der Waals surface area contributed by atoms with Crippen molar-refractivity contribution in [1.29, 1.82) is 0 Å². The van der Waals surface area contributed by atoms with Crippen LogP contribution in [0.5, 0.6) is 5.75 Å². The van der Waals surface area contributed by atoms with E-state index in [4.69, 9.17) is 71.1 Å². The van der Waals surface area contributed by atoms with Crippen molar-refractivity contribution < 1.29 is 109 Å². The largest absolute Gasteiger partial charge is 0.489 e. The molecular weight excluding hydrogens is 1410 g/mol. The maximum atomic E-state index is 14.7. The van der Waals surface area contributed by atoms with Gasteiger partial charge in [-0.25, -0.2) is 0 Å². The van der Waals surface area contributed by atoms with E-state index in [1.54, 1.807) is 0 Å². The van der Waals surface area contributed by atoms with Gasteiger partial charge in [0.05, 0.1) is 143 Å². The Labute approximate surface area is 643 Å². The number of nitrogens with zero attached hydrogens (tertiary/aromatic N) is 1. The van der Waals surface area contributed by atoms with Crippen LogP contribution >= 0.6 is 0 Å². The zero-order chi connectivity index (χ0) is 79.0. The van der Waals surface area contributed by atoms with E-state index in [-0.39, 0.29) is 210 Å². The average molecular weight is 1540 g/mol. The lowest BCUT2D eigenvalue weighted by Crippen LogP contribution is -2.62. The van der Waals surface area contributed by atoms with Gasteiger partial charge in [-0.15, -0.1) is 0 Å². The molecule has 610 valence electrons. The Kier molecular flexibility index (Phi) is 41.5. The second kappa shape index (κ2) is 49.9. The monoisotopic (exact) mass is 1530 g/mol. The second-order valence-electron chi connectivity index (χ2n) is 28.0. The van der Waals surface area contributed by atoms with Gasteiger partial charge in [-0.1, -0.05) is 122 Å². The number of hydrogen-bond donors (Lipinski definition) is 5. The molecule has 3 aliphatic rings. The van der Waals surface area contributed by atoms with Gasteiger partial charge in [-0.2, -0.15) is 0 Å². The number of ether oxygens (including phenoxy) is 15. The molecule has 2 heterocycles. The number of nitrogens with one attached hydrogen (secondary N) is 5. The maximum Gasteiger partial charge on any atom is 0.302 e. The van der Waals surface area contributed by atoms with E-state index < -0.39 is 78.7 Å². The van der Waals surface area contributed by atoms with Crippen molar-refractivity contribution in [2.24, 2.45) is 35.5 Å². The van der Waals surface area contributed by atoms with Gasteiger partial charge in [-0.05, 0) is 77.3 Å². The lowest BCUT2D eigenvalue weighted by molar-refractivity contribution is -0.258. The first-order chi connectivity index (χ1) is 52.5. The minimum atomic E-state index is -1.05. The first-order valence-corrected chi connectivity index (χ1v) is 38.5. The number of benzene rings is 3. The van der Waals surface area contributed by atoms with Crippen molar-refractivity contribution in [2.75, 3.05) is 138 Å². The summed E-state index contributed by atoms with van der Waals surface area (Å²) in [6.45, 7) is 24.2. The summed E-state index contributed by atoms with van der Waals surface area (Å²) in [7, 11) is 0. The molecule has 3 aromatic rings. The van der Waals surface area contributed by atoms with Gasteiger partial charge in [0.1, 0.15) is 37.2 Å². The third kappa shape index (κ3) is 32.5. The van der Waals surface area contributed by atoms with Crippen LogP contribution in [0.15, 0.2) is 78.9 Å². The van der Waals surface area contributed by atoms with Gasteiger partial charge in [0.25, 0.3) is 0 Å². The summed E-state index contributed by atoms with van der Waals surface area (Å²) < 4.78 is 88.3. The van der Waals surface area contributed by atoms with E-state index in [0.717, 1.165) is 34.4 Å². The molecule has 16 atom stereocenters. The number of carbonyl (C=O) groups excluding carboxylic acids is 8. The molecule has 5 amide bonds. The highest BCUT2D eigenvalue weighted by Crippen LogP contribution is 2.38. The zero-order valence-electron chi connectivity index (χ0n) is 66.0. The standard InChI is InChI=1S/C80H122N6O23/c1-13-64-47-70(74(84-57(8)87)76(55(64)6)106-60(11)90)101-43-40-98-37-36-97-33-30-83-78(94)68(46-62-20-22-65(23-21-62)66-24-26-67(27-25-66)105-50-63-18-16-15-17-19-63)86(48-72(92)81-28-31-95-34-38-99-41-44-102-79-54(5)52(3)53(4)71(109-79)51-104-59(10)89)49-73(93)82-29-32-96-35-39-100-42-45-103-80-75(85-58(9)88)77(107-61(12)91)56(7)69(14-2)108-80/h15-27,52-56,64,68-71,74-77,79-80H,13-14,28-51H2,1-12H3,(H,81,92)(H,82,93)(H,83,94)(H,84,87)(H,85,88)/t52-,53+,54+,55-,56-,64-,68?,69+,70+,71+,74-,75+,76-,77-,79+,80+/m0/s1. The number of amides is 5. The highest BCUT2D eigenvalue weighted by Gasteiger charge is 2.48. The Balaban J connectivity index is 1.05. The molecule has 1 aliphatic carbocycles. The Morgan fingerprint density at radius 3 is 1.46 bits per heavy atom. The highest BCUT2D eigenvalue weighted by molar-refractivity contribution is 5.86. The van der Waals surface area contributed by atoms with Crippen molar-refractivity contribution in [3.8, 4) is 16.9 Å². The number of esters is 3. The molecule has 5 N–H and O–H groups in total. The quantitative estimate of drug-likeness (QED) is 0.0249. The smallest absolute Gasteiger partial charge is 0.302 e. The van der Waals surface area contributed by atoms with E-state index in [1.807, 2.05) is 99.6 Å². The maximum absolute atomic E-state index is 14.7. The summed E-state index contributed by atoms with van der Waals surface area (Å²) in [5.41, 5.74) is 3.66. The van der Waals surface area contributed by atoms with Crippen LogP contribution in [-0.4, -0.2) is 252 Å². The Hall–Kier alpha value is -7.26. The zero-order valence-corrected chi connectivity index (χ0v) is 66.0. The number of carbonyl (C=O) groups is 8. The summed E-state index contributed by atoms with van der Waals surface area (Å²) in [4.78, 5) is 104. The molecule has 0 radical (unpaired) electrons. The highest BCUT2D eigenvalue weighted by atomic mass is 16.7. The molecule has 0 spiro atoms. The van der Waals surface area contributed by atoms with Crippen LogP contribution in [0.1, 0.15) is 113 Å². The summed E-state index contributed by atoms with van der Waals surface area (Å²) >= 11 is 0. The van der Waals surface area contributed by atoms with Crippen molar-refractivity contribution in [3.63, 3.8) is 0 Å². The van der Waals surface area contributed by atoms with Crippen LogP contribution < -0.4 is 31.3 Å². The lowest BCUT2D eigenvalue weighted by atomic mass is 9.73. The fourth-order valence-corrected chi connectivity index (χ4v) is 13.7. The lowest BCUT2D eigenvalue weighted by Gasteiger charge is -2.45. The fraction of sp³-hybridized carbons (Fsp3) is 0.675. The molecule has 6 rings (SSSR count). The van der Waals surface area contributed by atoms with Crippen LogP contribution in [-0.2, 0) is 118 Å². The first kappa shape index (κ1) is 90.6. The molecule has 1 unspecified atom stereocenters. The molecule has 109 heavy (non-hydrogen) atoms. The predicted octanol–water partition coefficient (Wildman–Crippen LogP) is 5.92. The number of hydrogen-bond acceptors (Lipinski definition) is 24. The molecule has 0 aromatic heterocycles. The van der Waals surface area contributed by atoms with Crippen LogP contribution in [0.25, 0.3) is 11.1 Å². The molecular formula is C80H122N6O23. The van der Waals surface area contributed by atoms with E-state index in [0.29, 0.717) is 19.4 Å². The van der Waals surface area contributed by atoms with Crippen LogP contribution in [0.4, 0.5) is 0 Å². The normalized spacial score (nSPS) is 24.2. The van der Waals surface area contributed by atoms with E-state index in [2.05, 4.69) is 54.3 Å². The number of rotatable bonds is 50. The third-order valence-corrected chi connectivity index (χ3v) is 20.0. The summed E-state index contributed by atoms with van der Waals surface area (Å²) in [5.74, 6) is -1.95. The summed E-state index contributed by atoms with van der Waals surface area (Å²) in [6, 6.07) is 23.1.